The van der Waals surface area contributed by atoms with E-state index in [0.717, 1.165) is 28.8 Å². The van der Waals surface area contributed by atoms with Crippen LogP contribution in [0.5, 0.6) is 0 Å². The third-order valence-electron chi connectivity index (χ3n) is 4.73. The van der Waals surface area contributed by atoms with E-state index >= 15 is 0 Å². The Balaban J connectivity index is 1.82. The summed E-state index contributed by atoms with van der Waals surface area (Å²) in [4.78, 5) is 12.3. The zero-order chi connectivity index (χ0) is 15.5. The Bertz CT molecular complexity index is 484. The molecule has 0 saturated heterocycles. The maximum atomic E-state index is 12.3. The topological polar surface area (TPSA) is 29.1 Å². The molecule has 1 saturated carbocycles. The van der Waals surface area contributed by atoms with Gasteiger partial charge in [0, 0.05) is 16.9 Å². The van der Waals surface area contributed by atoms with Gasteiger partial charge in [0.25, 0.3) is 0 Å². The smallest absolute Gasteiger partial charge is 0.223 e. The molecule has 1 aromatic rings. The van der Waals surface area contributed by atoms with Crippen molar-refractivity contribution in [2.75, 3.05) is 0 Å². The highest BCUT2D eigenvalue weighted by Gasteiger charge is 2.32. The predicted molar refractivity (Wildman–Crippen MR) is 90.9 cm³/mol. The third kappa shape index (κ3) is 4.57. The van der Waals surface area contributed by atoms with E-state index in [4.69, 9.17) is 0 Å². The van der Waals surface area contributed by atoms with Crippen molar-refractivity contribution in [1.82, 2.24) is 5.32 Å². The zero-order valence-corrected chi connectivity index (χ0v) is 14.9. The minimum absolute atomic E-state index is 0.200. The molecule has 3 heteroatoms. The van der Waals surface area contributed by atoms with Crippen LogP contribution in [-0.2, 0) is 11.3 Å². The lowest BCUT2D eigenvalue weighted by molar-refractivity contribution is -0.126. The van der Waals surface area contributed by atoms with Gasteiger partial charge in [-0.3, -0.25) is 4.79 Å². The van der Waals surface area contributed by atoms with Crippen molar-refractivity contribution in [1.29, 1.82) is 0 Å². The summed E-state index contributed by atoms with van der Waals surface area (Å²) in [5.41, 5.74) is 1.50. The van der Waals surface area contributed by atoms with Gasteiger partial charge in [0.05, 0.1) is 0 Å². The van der Waals surface area contributed by atoms with E-state index in [2.05, 4.69) is 42.0 Å². The van der Waals surface area contributed by atoms with Crippen molar-refractivity contribution in [3.63, 3.8) is 0 Å². The number of carbonyl (C=O) groups is 1. The van der Waals surface area contributed by atoms with Crippen molar-refractivity contribution in [3.8, 4) is 0 Å². The number of nitrogens with one attached hydrogen (secondary N) is 1. The minimum Gasteiger partial charge on any atom is -0.352 e. The molecule has 1 aliphatic carbocycles. The van der Waals surface area contributed by atoms with E-state index in [9.17, 15) is 4.79 Å². The summed E-state index contributed by atoms with van der Waals surface area (Å²) in [5, 5.41) is 3.09. The molecule has 1 aliphatic rings. The summed E-state index contributed by atoms with van der Waals surface area (Å²) in [5.74, 6) is 1.18. The Hall–Kier alpha value is -0.830. The fourth-order valence-corrected chi connectivity index (χ4v) is 3.62. The van der Waals surface area contributed by atoms with Gasteiger partial charge in [0.1, 0.15) is 0 Å². The fraction of sp³-hybridized carbons (Fsp3) is 0.611. The summed E-state index contributed by atoms with van der Waals surface area (Å²) in [6.07, 6.45) is 4.42. The summed E-state index contributed by atoms with van der Waals surface area (Å²) in [6, 6.07) is 8.04. The number of benzene rings is 1. The van der Waals surface area contributed by atoms with Crippen LogP contribution in [0.25, 0.3) is 0 Å². The predicted octanol–water partition coefficient (Wildman–Crippen LogP) is 4.92. The molecule has 0 unspecified atom stereocenters. The highest BCUT2D eigenvalue weighted by Crippen LogP contribution is 2.39. The molecule has 1 fully saturated rings. The van der Waals surface area contributed by atoms with Crippen molar-refractivity contribution >= 4 is 21.8 Å². The molecule has 0 heterocycles. The molecule has 2 rings (SSSR count). The molecule has 0 bridgehead atoms. The lowest BCUT2D eigenvalue weighted by atomic mass is 9.69. The molecule has 1 aromatic carbocycles. The van der Waals surface area contributed by atoms with Gasteiger partial charge < -0.3 is 5.32 Å². The van der Waals surface area contributed by atoms with Crippen molar-refractivity contribution in [2.45, 2.75) is 53.0 Å². The van der Waals surface area contributed by atoms with Crippen LogP contribution in [0, 0.1) is 17.3 Å². The van der Waals surface area contributed by atoms with Crippen LogP contribution in [0.4, 0.5) is 0 Å². The average Bonchev–Trinajstić information content (AvgIpc) is 2.45. The Kier molecular flexibility index (Phi) is 5.48. The van der Waals surface area contributed by atoms with E-state index in [1.807, 2.05) is 24.3 Å². The average molecular weight is 352 g/mol. The summed E-state index contributed by atoms with van der Waals surface area (Å²) < 4.78 is 1.06. The number of hydrogen-bond acceptors (Lipinski definition) is 1. The molecule has 116 valence electrons. The fourth-order valence-electron chi connectivity index (χ4n) is 3.19. The molecule has 0 radical (unpaired) electrons. The van der Waals surface area contributed by atoms with Crippen LogP contribution < -0.4 is 5.32 Å². The molecule has 1 amide bonds. The molecule has 1 N–H and O–H groups in total. The number of hydrogen-bond donors (Lipinski definition) is 1. The second-order valence-electron chi connectivity index (χ2n) is 7.22. The lowest BCUT2D eigenvalue weighted by Crippen LogP contribution is -2.35. The van der Waals surface area contributed by atoms with Crippen LogP contribution in [0.15, 0.2) is 28.7 Å². The second kappa shape index (κ2) is 6.95. The third-order valence-corrected chi connectivity index (χ3v) is 5.51. The highest BCUT2D eigenvalue weighted by atomic mass is 79.9. The Labute approximate surface area is 136 Å². The van der Waals surface area contributed by atoms with Gasteiger partial charge in [-0.25, -0.2) is 0 Å². The number of amides is 1. The molecular formula is C18H26BrNO. The first-order valence-electron chi connectivity index (χ1n) is 7.89. The van der Waals surface area contributed by atoms with Gasteiger partial charge in [-0.1, -0.05) is 54.9 Å². The quantitative estimate of drug-likeness (QED) is 0.822. The van der Waals surface area contributed by atoms with Crippen LogP contribution in [0.3, 0.4) is 0 Å². The van der Waals surface area contributed by atoms with Gasteiger partial charge in [0.15, 0.2) is 0 Å². The Morgan fingerprint density at radius 3 is 2.38 bits per heavy atom. The highest BCUT2D eigenvalue weighted by molar-refractivity contribution is 9.10. The zero-order valence-electron chi connectivity index (χ0n) is 13.3. The molecule has 21 heavy (non-hydrogen) atoms. The van der Waals surface area contributed by atoms with Gasteiger partial charge in [-0.15, -0.1) is 0 Å². The number of carbonyl (C=O) groups excluding carboxylic acids is 1. The van der Waals surface area contributed by atoms with E-state index in [0.29, 0.717) is 12.0 Å². The first-order valence-corrected chi connectivity index (χ1v) is 8.68. The molecular weight excluding hydrogens is 326 g/mol. The largest absolute Gasteiger partial charge is 0.352 e. The standard InChI is InChI=1S/C18H26BrNO/c1-18(2,3)15-10-8-13(9-11-15)17(21)20-12-14-6-4-5-7-16(14)19/h4-7,13,15H,8-12H2,1-3H3,(H,20,21). The van der Waals surface area contributed by atoms with Gasteiger partial charge >= 0.3 is 0 Å². The number of rotatable bonds is 3. The molecule has 2 nitrogen and oxygen atoms in total. The van der Waals surface area contributed by atoms with Crippen LogP contribution in [0.1, 0.15) is 52.0 Å². The SMILES string of the molecule is CC(C)(C)C1CCC(C(=O)NCc2ccccc2Br)CC1. The summed E-state index contributed by atoms with van der Waals surface area (Å²) in [6.45, 7) is 7.54. The summed E-state index contributed by atoms with van der Waals surface area (Å²) >= 11 is 3.52. The molecule has 0 spiro atoms. The van der Waals surface area contributed by atoms with Crippen molar-refractivity contribution in [2.24, 2.45) is 17.3 Å². The van der Waals surface area contributed by atoms with Crippen molar-refractivity contribution < 1.29 is 4.79 Å². The maximum absolute atomic E-state index is 12.3. The van der Waals surface area contributed by atoms with Crippen LogP contribution in [-0.4, -0.2) is 5.91 Å². The van der Waals surface area contributed by atoms with Crippen LogP contribution in [0.2, 0.25) is 0 Å². The summed E-state index contributed by atoms with van der Waals surface area (Å²) in [7, 11) is 0. The van der Waals surface area contributed by atoms with Gasteiger partial charge in [-0.05, 0) is 48.6 Å². The van der Waals surface area contributed by atoms with Crippen LogP contribution >= 0.6 is 15.9 Å². The Morgan fingerprint density at radius 1 is 1.19 bits per heavy atom. The first kappa shape index (κ1) is 16.5. The van der Waals surface area contributed by atoms with E-state index in [1.54, 1.807) is 0 Å². The maximum Gasteiger partial charge on any atom is 0.223 e. The lowest BCUT2D eigenvalue weighted by Gasteiger charge is -2.36. The van der Waals surface area contributed by atoms with E-state index in [-0.39, 0.29) is 11.8 Å². The molecule has 0 aliphatic heterocycles. The van der Waals surface area contributed by atoms with Gasteiger partial charge in [0.2, 0.25) is 5.91 Å². The van der Waals surface area contributed by atoms with E-state index < -0.39 is 0 Å². The first-order chi connectivity index (χ1) is 9.88. The minimum atomic E-state index is 0.200. The number of halogens is 1. The van der Waals surface area contributed by atoms with Crippen molar-refractivity contribution in [3.05, 3.63) is 34.3 Å². The van der Waals surface area contributed by atoms with E-state index in [1.165, 1.54) is 12.8 Å². The monoisotopic (exact) mass is 351 g/mol. The molecule has 0 aromatic heterocycles. The molecule has 0 atom stereocenters. The van der Waals surface area contributed by atoms with Gasteiger partial charge in [-0.2, -0.15) is 0 Å². The normalized spacial score (nSPS) is 22.9. The second-order valence-corrected chi connectivity index (χ2v) is 8.08. The Morgan fingerprint density at radius 2 is 1.81 bits per heavy atom.